The second kappa shape index (κ2) is 4.62. The molecule has 0 fully saturated rings. The quantitative estimate of drug-likeness (QED) is 0.795. The van der Waals surface area contributed by atoms with Crippen LogP contribution in [0.3, 0.4) is 0 Å². The maximum atomic E-state index is 5.61. The topological polar surface area (TPSA) is 22.1 Å². The number of ether oxygens (including phenoxy) is 1. The number of benzene rings is 1. The summed E-state index contributed by atoms with van der Waals surface area (Å²) in [5, 5.41) is 1.95. The molecule has 0 aliphatic rings. The van der Waals surface area contributed by atoms with E-state index in [-0.39, 0.29) is 0 Å². The van der Waals surface area contributed by atoms with Crippen molar-refractivity contribution in [2.75, 3.05) is 11.9 Å². The van der Waals surface area contributed by atoms with Gasteiger partial charge in [0.1, 0.15) is 11.3 Å². The lowest BCUT2D eigenvalue weighted by molar-refractivity contribution is 0.348. The van der Waals surface area contributed by atoms with Gasteiger partial charge in [-0.25, -0.2) is 4.98 Å². The van der Waals surface area contributed by atoms with E-state index < -0.39 is 0 Å². The largest absolute Gasteiger partial charge is 0.490 e. The van der Waals surface area contributed by atoms with Crippen LogP contribution in [0.1, 0.15) is 5.69 Å². The van der Waals surface area contributed by atoms with E-state index in [0.29, 0.717) is 6.61 Å². The Labute approximate surface area is 97.4 Å². The molecule has 0 spiro atoms. The first-order valence-electron chi connectivity index (χ1n) is 4.86. The molecule has 1 heterocycles. The van der Waals surface area contributed by atoms with Gasteiger partial charge in [-0.3, -0.25) is 0 Å². The molecule has 0 atom stereocenters. The lowest BCUT2D eigenvalue weighted by Crippen LogP contribution is -1.99. The Morgan fingerprint density at radius 2 is 2.13 bits per heavy atom. The number of rotatable bonds is 3. The van der Waals surface area contributed by atoms with Gasteiger partial charge in [-0.1, -0.05) is 34.1 Å². The summed E-state index contributed by atoms with van der Waals surface area (Å²) in [6.07, 6.45) is 0. The summed E-state index contributed by atoms with van der Waals surface area (Å²) >= 11 is 3.34. The summed E-state index contributed by atoms with van der Waals surface area (Å²) in [6.45, 7) is 2.65. The number of aromatic nitrogens is 1. The zero-order chi connectivity index (χ0) is 10.7. The van der Waals surface area contributed by atoms with Gasteiger partial charge in [-0.05, 0) is 19.1 Å². The van der Waals surface area contributed by atoms with E-state index in [1.54, 1.807) is 0 Å². The Kier molecular flexibility index (Phi) is 3.21. The van der Waals surface area contributed by atoms with E-state index >= 15 is 0 Å². The molecule has 0 saturated heterocycles. The maximum absolute atomic E-state index is 5.61. The molecule has 0 aliphatic heterocycles. The van der Waals surface area contributed by atoms with Crippen LogP contribution in [0.25, 0.3) is 10.9 Å². The van der Waals surface area contributed by atoms with Gasteiger partial charge in [0.25, 0.3) is 0 Å². The number of hydrogen-bond acceptors (Lipinski definition) is 2. The number of hydrogen-bond donors (Lipinski definition) is 0. The molecule has 0 unspecified atom stereocenters. The van der Waals surface area contributed by atoms with E-state index in [1.165, 1.54) is 0 Å². The van der Waals surface area contributed by atoms with Gasteiger partial charge >= 0.3 is 0 Å². The fraction of sp³-hybridized carbons (Fsp3) is 0.250. The summed E-state index contributed by atoms with van der Waals surface area (Å²) in [4.78, 5) is 4.49. The SMILES string of the molecule is Cc1ccc2cccc(OCCBr)c2n1. The Hall–Kier alpha value is -1.09. The summed E-state index contributed by atoms with van der Waals surface area (Å²) in [5.74, 6) is 0.857. The highest BCUT2D eigenvalue weighted by atomic mass is 79.9. The average Bonchev–Trinajstić information content (AvgIpc) is 2.26. The van der Waals surface area contributed by atoms with Gasteiger partial charge in [0.2, 0.25) is 0 Å². The summed E-state index contributed by atoms with van der Waals surface area (Å²) in [5.41, 5.74) is 1.95. The van der Waals surface area contributed by atoms with Crippen molar-refractivity contribution >= 4 is 26.8 Å². The Bertz CT molecular complexity index is 470. The van der Waals surface area contributed by atoms with Gasteiger partial charge in [0, 0.05) is 16.4 Å². The van der Waals surface area contributed by atoms with Crippen molar-refractivity contribution in [2.45, 2.75) is 6.92 Å². The molecule has 0 aliphatic carbocycles. The van der Waals surface area contributed by atoms with Crippen LogP contribution in [-0.2, 0) is 0 Å². The minimum Gasteiger partial charge on any atom is -0.490 e. The molecule has 0 N–H and O–H groups in total. The van der Waals surface area contributed by atoms with E-state index in [9.17, 15) is 0 Å². The zero-order valence-corrected chi connectivity index (χ0v) is 10.1. The third-order valence-corrected chi connectivity index (χ3v) is 2.48. The highest BCUT2D eigenvalue weighted by Crippen LogP contribution is 2.23. The van der Waals surface area contributed by atoms with Crippen LogP contribution in [0.5, 0.6) is 5.75 Å². The minimum absolute atomic E-state index is 0.661. The predicted molar refractivity (Wildman–Crippen MR) is 65.8 cm³/mol. The fourth-order valence-electron chi connectivity index (χ4n) is 1.48. The fourth-order valence-corrected chi connectivity index (χ4v) is 1.64. The average molecular weight is 266 g/mol. The van der Waals surface area contributed by atoms with Gasteiger partial charge in [0.15, 0.2) is 0 Å². The third kappa shape index (κ3) is 2.29. The van der Waals surface area contributed by atoms with Crippen LogP contribution in [-0.4, -0.2) is 16.9 Å². The molecule has 0 bridgehead atoms. The van der Waals surface area contributed by atoms with Gasteiger partial charge < -0.3 is 4.74 Å². The third-order valence-electron chi connectivity index (χ3n) is 2.16. The Morgan fingerprint density at radius 3 is 2.93 bits per heavy atom. The minimum atomic E-state index is 0.661. The van der Waals surface area contributed by atoms with Crippen molar-refractivity contribution in [3.05, 3.63) is 36.0 Å². The lowest BCUT2D eigenvalue weighted by Gasteiger charge is -2.07. The van der Waals surface area contributed by atoms with Gasteiger partial charge in [-0.15, -0.1) is 0 Å². The maximum Gasteiger partial charge on any atom is 0.145 e. The van der Waals surface area contributed by atoms with Crippen molar-refractivity contribution in [1.82, 2.24) is 4.98 Å². The smallest absolute Gasteiger partial charge is 0.145 e. The molecule has 78 valence electrons. The molecular weight excluding hydrogens is 254 g/mol. The number of fused-ring (bicyclic) bond motifs is 1. The Morgan fingerprint density at radius 1 is 1.27 bits per heavy atom. The summed E-state index contributed by atoms with van der Waals surface area (Å²) in [7, 11) is 0. The molecule has 1 aromatic carbocycles. The van der Waals surface area contributed by atoms with Crippen molar-refractivity contribution < 1.29 is 4.74 Å². The number of nitrogens with zero attached hydrogens (tertiary/aromatic N) is 1. The van der Waals surface area contributed by atoms with Crippen LogP contribution >= 0.6 is 15.9 Å². The molecule has 0 saturated carbocycles. The number of alkyl halides is 1. The standard InChI is InChI=1S/C12H12BrNO/c1-9-5-6-10-3-2-4-11(12(10)14-9)15-8-7-13/h2-6H,7-8H2,1H3. The van der Waals surface area contributed by atoms with E-state index in [0.717, 1.165) is 27.7 Å². The number of para-hydroxylation sites is 1. The highest BCUT2D eigenvalue weighted by Gasteiger charge is 2.02. The highest BCUT2D eigenvalue weighted by molar-refractivity contribution is 9.09. The molecule has 0 amide bonds. The molecule has 0 radical (unpaired) electrons. The second-order valence-corrected chi connectivity index (χ2v) is 4.11. The van der Waals surface area contributed by atoms with Crippen LogP contribution in [0, 0.1) is 6.92 Å². The van der Waals surface area contributed by atoms with Crippen molar-refractivity contribution in [1.29, 1.82) is 0 Å². The first-order valence-corrected chi connectivity index (χ1v) is 5.98. The molecular formula is C12H12BrNO. The monoisotopic (exact) mass is 265 g/mol. The van der Waals surface area contributed by atoms with Crippen LogP contribution in [0.15, 0.2) is 30.3 Å². The Balaban J connectivity index is 2.48. The first kappa shape index (κ1) is 10.4. The molecule has 2 aromatic rings. The molecule has 2 nitrogen and oxygen atoms in total. The summed E-state index contributed by atoms with van der Waals surface area (Å²) in [6, 6.07) is 10.1. The summed E-state index contributed by atoms with van der Waals surface area (Å²) < 4.78 is 5.61. The first-order chi connectivity index (χ1) is 7.31. The zero-order valence-electron chi connectivity index (χ0n) is 8.53. The number of aryl methyl sites for hydroxylation is 1. The normalized spacial score (nSPS) is 10.5. The predicted octanol–water partition coefficient (Wildman–Crippen LogP) is 3.32. The van der Waals surface area contributed by atoms with Gasteiger partial charge in [0.05, 0.1) is 6.61 Å². The van der Waals surface area contributed by atoms with Gasteiger partial charge in [-0.2, -0.15) is 0 Å². The molecule has 15 heavy (non-hydrogen) atoms. The van der Waals surface area contributed by atoms with Crippen molar-refractivity contribution in [3.8, 4) is 5.75 Å². The van der Waals surface area contributed by atoms with E-state index in [2.05, 4.69) is 27.0 Å². The van der Waals surface area contributed by atoms with Crippen LogP contribution in [0.4, 0.5) is 0 Å². The number of pyridine rings is 1. The number of halogens is 1. The van der Waals surface area contributed by atoms with Crippen LogP contribution < -0.4 is 4.74 Å². The van der Waals surface area contributed by atoms with Crippen molar-refractivity contribution in [2.24, 2.45) is 0 Å². The van der Waals surface area contributed by atoms with Crippen molar-refractivity contribution in [3.63, 3.8) is 0 Å². The van der Waals surface area contributed by atoms with E-state index in [4.69, 9.17) is 4.74 Å². The van der Waals surface area contributed by atoms with E-state index in [1.807, 2.05) is 31.2 Å². The molecule has 1 aromatic heterocycles. The van der Waals surface area contributed by atoms with Crippen LogP contribution in [0.2, 0.25) is 0 Å². The molecule has 3 heteroatoms. The molecule has 2 rings (SSSR count). The lowest BCUT2D eigenvalue weighted by atomic mass is 10.2. The second-order valence-electron chi connectivity index (χ2n) is 3.32.